The van der Waals surface area contributed by atoms with E-state index in [9.17, 15) is 0 Å². The predicted octanol–water partition coefficient (Wildman–Crippen LogP) is 4.28. The average Bonchev–Trinajstić information content (AvgIpc) is 2.84. The molecule has 162 valence electrons. The normalized spacial score (nSPS) is 15.3. The van der Waals surface area contributed by atoms with Crippen LogP contribution < -0.4 is 19.5 Å². The Morgan fingerprint density at radius 1 is 0.839 bits per heavy atom. The number of nitrogens with zero attached hydrogens (tertiary/aromatic N) is 1. The van der Waals surface area contributed by atoms with Gasteiger partial charge >= 0.3 is 0 Å². The molecule has 0 aliphatic carbocycles. The average molecular weight is 419 g/mol. The molecule has 31 heavy (non-hydrogen) atoms. The lowest BCUT2D eigenvalue weighted by atomic mass is 9.94. The number of hydrogen-bond donors (Lipinski definition) is 1. The molecule has 0 saturated carbocycles. The molecule has 0 radical (unpaired) electrons. The van der Waals surface area contributed by atoms with Gasteiger partial charge in [0.05, 0.1) is 25.8 Å². The van der Waals surface area contributed by atoms with Gasteiger partial charge < -0.3 is 19.5 Å². The fourth-order valence-corrected chi connectivity index (χ4v) is 4.17. The van der Waals surface area contributed by atoms with Gasteiger partial charge in [0.15, 0.2) is 0 Å². The molecule has 1 N–H and O–H groups in total. The van der Waals surface area contributed by atoms with Crippen LogP contribution in [0.15, 0.2) is 72.8 Å². The summed E-state index contributed by atoms with van der Waals surface area (Å²) in [6.07, 6.45) is 0. The second kappa shape index (κ2) is 10.3. The van der Waals surface area contributed by atoms with Gasteiger partial charge in [0.2, 0.25) is 0 Å². The van der Waals surface area contributed by atoms with E-state index in [1.807, 2.05) is 42.5 Å². The summed E-state index contributed by atoms with van der Waals surface area (Å²) in [6, 6.07) is 24.6. The minimum atomic E-state index is 0.00785. The topological polar surface area (TPSA) is 43.0 Å². The van der Waals surface area contributed by atoms with E-state index in [4.69, 9.17) is 14.2 Å². The number of nitrogens with one attached hydrogen (secondary N) is 1. The molecule has 4 rings (SSSR count). The third-order valence-corrected chi connectivity index (χ3v) is 5.68. The van der Waals surface area contributed by atoms with Crippen molar-refractivity contribution < 1.29 is 14.2 Å². The van der Waals surface area contributed by atoms with Gasteiger partial charge in [-0.05, 0) is 35.4 Å². The zero-order chi connectivity index (χ0) is 21.5. The Morgan fingerprint density at radius 3 is 2.19 bits per heavy atom. The van der Waals surface area contributed by atoms with Crippen LogP contribution in [-0.4, -0.2) is 45.3 Å². The summed E-state index contributed by atoms with van der Waals surface area (Å²) in [5, 5.41) is 3.45. The third kappa shape index (κ3) is 5.01. The lowest BCUT2D eigenvalue weighted by molar-refractivity contribution is 0.191. The molecule has 0 bridgehead atoms. The Kier molecular flexibility index (Phi) is 7.07. The molecule has 3 aromatic rings. The monoisotopic (exact) mass is 418 g/mol. The molecule has 0 aromatic heterocycles. The highest BCUT2D eigenvalue weighted by Gasteiger charge is 2.29. The van der Waals surface area contributed by atoms with E-state index in [2.05, 4.69) is 40.5 Å². The van der Waals surface area contributed by atoms with Crippen molar-refractivity contribution in [1.82, 2.24) is 10.2 Å². The van der Waals surface area contributed by atoms with E-state index in [0.29, 0.717) is 6.61 Å². The summed E-state index contributed by atoms with van der Waals surface area (Å²) < 4.78 is 17.7. The van der Waals surface area contributed by atoms with Crippen molar-refractivity contribution in [3.8, 4) is 17.2 Å². The first-order valence-electron chi connectivity index (χ1n) is 10.7. The van der Waals surface area contributed by atoms with Gasteiger partial charge in [-0.3, -0.25) is 4.90 Å². The molecule has 3 aromatic carbocycles. The summed E-state index contributed by atoms with van der Waals surface area (Å²) >= 11 is 0. The highest BCUT2D eigenvalue weighted by molar-refractivity contribution is 5.51. The lowest BCUT2D eigenvalue weighted by Gasteiger charge is -2.36. The smallest absolute Gasteiger partial charge is 0.127 e. The first-order chi connectivity index (χ1) is 15.3. The van der Waals surface area contributed by atoms with Crippen molar-refractivity contribution in [2.75, 3.05) is 40.4 Å². The number of benzene rings is 3. The Hall–Kier alpha value is -3.02. The van der Waals surface area contributed by atoms with Crippen LogP contribution in [0.1, 0.15) is 22.7 Å². The summed E-state index contributed by atoms with van der Waals surface area (Å²) in [4.78, 5) is 2.48. The van der Waals surface area contributed by atoms with Gasteiger partial charge in [0.1, 0.15) is 23.9 Å². The Morgan fingerprint density at radius 2 is 1.52 bits per heavy atom. The molecular weight excluding hydrogens is 388 g/mol. The minimum Gasteiger partial charge on any atom is -0.496 e. The van der Waals surface area contributed by atoms with Gasteiger partial charge in [-0.1, -0.05) is 48.5 Å². The zero-order valence-corrected chi connectivity index (χ0v) is 18.2. The van der Waals surface area contributed by atoms with Gasteiger partial charge in [-0.2, -0.15) is 0 Å². The maximum absolute atomic E-state index is 6.13. The first-order valence-corrected chi connectivity index (χ1v) is 10.7. The highest BCUT2D eigenvalue weighted by atomic mass is 16.5. The van der Waals surface area contributed by atoms with Crippen molar-refractivity contribution in [2.45, 2.75) is 12.6 Å². The van der Waals surface area contributed by atoms with Gasteiger partial charge in [0, 0.05) is 26.2 Å². The molecule has 1 fully saturated rings. The molecule has 5 nitrogen and oxygen atoms in total. The molecule has 0 amide bonds. The molecular formula is C26H30N2O3. The van der Waals surface area contributed by atoms with Crippen LogP contribution in [-0.2, 0) is 6.61 Å². The minimum absolute atomic E-state index is 0.00785. The van der Waals surface area contributed by atoms with Crippen LogP contribution in [0, 0.1) is 0 Å². The molecule has 1 aliphatic rings. The largest absolute Gasteiger partial charge is 0.496 e. The molecule has 5 heteroatoms. The number of ether oxygens (including phenoxy) is 3. The Bertz CT molecular complexity index is 949. The maximum atomic E-state index is 6.13. The first kappa shape index (κ1) is 21.2. The quantitative estimate of drug-likeness (QED) is 0.592. The van der Waals surface area contributed by atoms with Crippen LogP contribution in [0.25, 0.3) is 0 Å². The maximum Gasteiger partial charge on any atom is 0.127 e. The number of piperazine rings is 1. The number of rotatable bonds is 8. The fourth-order valence-electron chi connectivity index (χ4n) is 4.17. The molecule has 1 atom stereocenters. The van der Waals surface area contributed by atoms with Gasteiger partial charge in [-0.25, -0.2) is 0 Å². The molecule has 1 heterocycles. The second-order valence-electron chi connectivity index (χ2n) is 7.61. The van der Waals surface area contributed by atoms with Crippen molar-refractivity contribution >= 4 is 0 Å². The standard InChI is InChI=1S/C26H30N2O3/c1-29-23-12-7-13-24(30-2)25(23)26(28-16-14-27-15-17-28)21-10-6-11-22(18-21)31-19-20-8-4-3-5-9-20/h3-13,18,26-27H,14-17,19H2,1-2H3. The van der Waals surface area contributed by atoms with Crippen molar-refractivity contribution in [2.24, 2.45) is 0 Å². The summed E-state index contributed by atoms with van der Waals surface area (Å²) in [6.45, 7) is 4.35. The summed E-state index contributed by atoms with van der Waals surface area (Å²) in [5.74, 6) is 2.52. The Labute approximate surface area is 184 Å². The predicted molar refractivity (Wildman–Crippen MR) is 123 cm³/mol. The van der Waals surface area contributed by atoms with E-state index >= 15 is 0 Å². The van der Waals surface area contributed by atoms with Gasteiger partial charge in [0.25, 0.3) is 0 Å². The van der Waals surface area contributed by atoms with Crippen LogP contribution in [0.5, 0.6) is 17.2 Å². The molecule has 1 saturated heterocycles. The van der Waals surface area contributed by atoms with Crippen molar-refractivity contribution in [3.05, 3.63) is 89.5 Å². The molecule has 1 aliphatic heterocycles. The summed E-state index contributed by atoms with van der Waals surface area (Å²) in [7, 11) is 3.43. The van der Waals surface area contributed by atoms with E-state index < -0.39 is 0 Å². The van der Waals surface area contributed by atoms with Crippen molar-refractivity contribution in [1.29, 1.82) is 0 Å². The molecule has 1 unspecified atom stereocenters. The van der Waals surface area contributed by atoms with E-state index in [1.54, 1.807) is 14.2 Å². The van der Waals surface area contributed by atoms with E-state index in [-0.39, 0.29) is 6.04 Å². The van der Waals surface area contributed by atoms with Crippen LogP contribution in [0.4, 0.5) is 0 Å². The highest BCUT2D eigenvalue weighted by Crippen LogP contribution is 2.41. The van der Waals surface area contributed by atoms with E-state index in [1.165, 1.54) is 0 Å². The lowest BCUT2D eigenvalue weighted by Crippen LogP contribution is -2.45. The van der Waals surface area contributed by atoms with Crippen molar-refractivity contribution in [3.63, 3.8) is 0 Å². The zero-order valence-electron chi connectivity index (χ0n) is 18.2. The number of hydrogen-bond acceptors (Lipinski definition) is 5. The second-order valence-corrected chi connectivity index (χ2v) is 7.61. The molecule has 0 spiro atoms. The summed E-state index contributed by atoms with van der Waals surface area (Å²) in [5.41, 5.74) is 3.36. The Balaban J connectivity index is 1.70. The van der Waals surface area contributed by atoms with Crippen LogP contribution in [0.3, 0.4) is 0 Å². The van der Waals surface area contributed by atoms with Crippen LogP contribution in [0.2, 0.25) is 0 Å². The third-order valence-electron chi connectivity index (χ3n) is 5.68. The number of methoxy groups -OCH3 is 2. The van der Waals surface area contributed by atoms with E-state index in [0.717, 1.165) is 60.1 Å². The fraction of sp³-hybridized carbons (Fsp3) is 0.308. The van der Waals surface area contributed by atoms with Gasteiger partial charge in [-0.15, -0.1) is 0 Å². The van der Waals surface area contributed by atoms with Crippen LogP contribution >= 0.6 is 0 Å². The SMILES string of the molecule is COc1cccc(OC)c1C(c1cccc(OCc2ccccc2)c1)N1CCNCC1.